The zero-order valence-electron chi connectivity index (χ0n) is 10.6. The molecule has 1 aliphatic rings. The van der Waals surface area contributed by atoms with Gasteiger partial charge in [-0.15, -0.1) is 23.1 Å². The Labute approximate surface area is 116 Å². The number of carbonyl (C=O) groups is 1. The van der Waals surface area contributed by atoms with Gasteiger partial charge >= 0.3 is 0 Å². The van der Waals surface area contributed by atoms with Crippen LogP contribution in [0.4, 0.5) is 0 Å². The lowest BCUT2D eigenvalue weighted by Crippen LogP contribution is -2.35. The van der Waals surface area contributed by atoms with E-state index in [9.17, 15) is 4.79 Å². The Bertz CT molecular complexity index is 386. The van der Waals surface area contributed by atoms with E-state index in [1.807, 2.05) is 12.1 Å². The first-order valence-corrected chi connectivity index (χ1v) is 8.22. The van der Waals surface area contributed by atoms with Crippen LogP contribution < -0.4 is 5.32 Å². The molecule has 1 N–H and O–H groups in total. The van der Waals surface area contributed by atoms with Gasteiger partial charge in [0.15, 0.2) is 0 Å². The van der Waals surface area contributed by atoms with Crippen LogP contribution in [0.25, 0.3) is 0 Å². The molecule has 1 aromatic heterocycles. The molecule has 0 aliphatic carbocycles. The topological polar surface area (TPSA) is 38.3 Å². The number of hydrogen-bond donors (Lipinski definition) is 1. The first-order chi connectivity index (χ1) is 8.79. The van der Waals surface area contributed by atoms with Crippen LogP contribution in [-0.2, 0) is 4.74 Å². The zero-order chi connectivity index (χ0) is 12.8. The summed E-state index contributed by atoms with van der Waals surface area (Å²) < 4.78 is 6.80. The quantitative estimate of drug-likeness (QED) is 0.845. The largest absolute Gasteiger partial charge is 0.376 e. The summed E-state index contributed by atoms with van der Waals surface area (Å²) in [5, 5.41) is 2.96. The van der Waals surface area contributed by atoms with Crippen LogP contribution in [0, 0.1) is 0 Å². The number of thioether (sulfide) groups is 1. The minimum Gasteiger partial charge on any atom is -0.376 e. The summed E-state index contributed by atoms with van der Waals surface area (Å²) in [6.07, 6.45) is 3.61. The van der Waals surface area contributed by atoms with E-state index in [-0.39, 0.29) is 12.0 Å². The van der Waals surface area contributed by atoms with E-state index in [4.69, 9.17) is 4.74 Å². The number of hydrogen-bond acceptors (Lipinski definition) is 4. The highest BCUT2D eigenvalue weighted by Crippen LogP contribution is 2.26. The highest BCUT2D eigenvalue weighted by atomic mass is 32.2. The Morgan fingerprint density at radius 2 is 2.44 bits per heavy atom. The molecule has 2 heterocycles. The van der Waals surface area contributed by atoms with Crippen LogP contribution >= 0.6 is 23.1 Å². The predicted molar refractivity (Wildman–Crippen MR) is 76.6 cm³/mol. The van der Waals surface area contributed by atoms with E-state index in [2.05, 4.69) is 12.2 Å². The van der Waals surface area contributed by atoms with Crippen LogP contribution in [0.2, 0.25) is 0 Å². The molecule has 0 saturated carbocycles. The molecule has 18 heavy (non-hydrogen) atoms. The molecule has 2 rings (SSSR count). The maximum atomic E-state index is 11.9. The van der Waals surface area contributed by atoms with Crippen molar-refractivity contribution in [2.75, 3.05) is 18.9 Å². The van der Waals surface area contributed by atoms with Gasteiger partial charge in [-0.3, -0.25) is 4.79 Å². The van der Waals surface area contributed by atoms with E-state index < -0.39 is 0 Å². The maximum Gasteiger partial charge on any atom is 0.261 e. The molecule has 1 aliphatic heterocycles. The summed E-state index contributed by atoms with van der Waals surface area (Å²) in [6, 6.07) is 3.92. The molecule has 1 atom stereocenters. The molecular weight excluding hydrogens is 266 g/mol. The van der Waals surface area contributed by atoms with Gasteiger partial charge in [-0.25, -0.2) is 0 Å². The first-order valence-electron chi connectivity index (χ1n) is 6.42. The van der Waals surface area contributed by atoms with Crippen molar-refractivity contribution in [2.24, 2.45) is 0 Å². The van der Waals surface area contributed by atoms with Crippen LogP contribution in [-0.4, -0.2) is 30.9 Å². The van der Waals surface area contributed by atoms with Gasteiger partial charge in [0, 0.05) is 13.2 Å². The van der Waals surface area contributed by atoms with Gasteiger partial charge in [0.2, 0.25) is 0 Å². The standard InChI is InChI=1S/C13H19NO2S2/c1-2-17-12-7-6-11(18-12)13(15)14-9-10-5-3-4-8-16-10/h6-7,10H,2-5,8-9H2,1H3,(H,14,15)/t10-/m0/s1. The van der Waals surface area contributed by atoms with Crippen molar-refractivity contribution >= 4 is 29.0 Å². The van der Waals surface area contributed by atoms with E-state index in [0.717, 1.165) is 30.1 Å². The molecule has 1 amide bonds. The second kappa shape index (κ2) is 7.16. The molecule has 1 fully saturated rings. The van der Waals surface area contributed by atoms with Gasteiger partial charge in [-0.05, 0) is 37.1 Å². The fraction of sp³-hybridized carbons (Fsp3) is 0.615. The Hall–Kier alpha value is -0.520. The van der Waals surface area contributed by atoms with Crippen LogP contribution in [0.3, 0.4) is 0 Å². The minimum atomic E-state index is 0.0251. The Kier molecular flexibility index (Phi) is 5.53. The lowest BCUT2D eigenvalue weighted by atomic mass is 10.1. The average Bonchev–Trinajstić information content (AvgIpc) is 2.86. The summed E-state index contributed by atoms with van der Waals surface area (Å²) in [4.78, 5) is 12.7. The number of rotatable bonds is 5. The summed E-state index contributed by atoms with van der Waals surface area (Å²) in [5.74, 6) is 1.06. The van der Waals surface area contributed by atoms with Gasteiger partial charge in [-0.1, -0.05) is 6.92 Å². The molecule has 1 saturated heterocycles. The van der Waals surface area contributed by atoms with Crippen molar-refractivity contribution in [3.05, 3.63) is 17.0 Å². The van der Waals surface area contributed by atoms with Crippen molar-refractivity contribution in [3.63, 3.8) is 0 Å². The third-order valence-corrected chi connectivity index (χ3v) is 5.05. The van der Waals surface area contributed by atoms with Crippen molar-refractivity contribution in [2.45, 2.75) is 36.5 Å². The number of carbonyl (C=O) groups excluding carboxylic acids is 1. The lowest BCUT2D eigenvalue weighted by molar-refractivity contribution is 0.0169. The second-order valence-electron chi connectivity index (χ2n) is 4.25. The highest BCUT2D eigenvalue weighted by Gasteiger charge is 2.16. The summed E-state index contributed by atoms with van der Waals surface area (Å²) in [7, 11) is 0. The van der Waals surface area contributed by atoms with E-state index in [0.29, 0.717) is 6.54 Å². The van der Waals surface area contributed by atoms with Gasteiger partial charge < -0.3 is 10.1 Å². The molecular formula is C13H19NO2S2. The zero-order valence-corrected chi connectivity index (χ0v) is 12.2. The first kappa shape index (κ1) is 13.9. The van der Waals surface area contributed by atoms with Crippen LogP contribution in [0.1, 0.15) is 35.9 Å². The highest BCUT2D eigenvalue weighted by molar-refractivity contribution is 8.01. The maximum absolute atomic E-state index is 11.9. The van der Waals surface area contributed by atoms with Crippen molar-refractivity contribution in [3.8, 4) is 0 Å². The van der Waals surface area contributed by atoms with Crippen molar-refractivity contribution in [1.29, 1.82) is 0 Å². The van der Waals surface area contributed by atoms with Crippen molar-refractivity contribution in [1.82, 2.24) is 5.32 Å². The van der Waals surface area contributed by atoms with Gasteiger partial charge in [-0.2, -0.15) is 0 Å². The van der Waals surface area contributed by atoms with E-state index in [1.54, 1.807) is 23.1 Å². The summed E-state index contributed by atoms with van der Waals surface area (Å²) in [6.45, 7) is 3.58. The van der Waals surface area contributed by atoms with Crippen LogP contribution in [0.15, 0.2) is 16.3 Å². The molecule has 0 bridgehead atoms. The fourth-order valence-corrected chi connectivity index (χ4v) is 3.89. The van der Waals surface area contributed by atoms with Gasteiger partial charge in [0.1, 0.15) is 0 Å². The molecule has 3 nitrogen and oxygen atoms in total. The number of nitrogens with one attached hydrogen (secondary N) is 1. The minimum absolute atomic E-state index is 0.0251. The summed E-state index contributed by atoms with van der Waals surface area (Å²) in [5.41, 5.74) is 0. The Morgan fingerprint density at radius 1 is 1.56 bits per heavy atom. The molecule has 100 valence electrons. The molecule has 1 aromatic rings. The third kappa shape index (κ3) is 4.00. The molecule has 0 unspecified atom stereocenters. The normalized spacial score (nSPS) is 19.7. The lowest BCUT2D eigenvalue weighted by Gasteiger charge is -2.22. The molecule has 0 spiro atoms. The molecule has 0 aromatic carbocycles. The van der Waals surface area contributed by atoms with E-state index in [1.165, 1.54) is 10.6 Å². The molecule has 0 radical (unpaired) electrons. The Balaban J connectivity index is 1.79. The third-order valence-electron chi connectivity index (χ3n) is 2.86. The fourth-order valence-electron chi connectivity index (χ4n) is 1.92. The Morgan fingerprint density at radius 3 is 3.17 bits per heavy atom. The SMILES string of the molecule is CCSc1ccc(C(=O)NC[C@@H]2CCCCO2)s1. The van der Waals surface area contributed by atoms with Gasteiger partial charge in [0.25, 0.3) is 5.91 Å². The van der Waals surface area contributed by atoms with Crippen molar-refractivity contribution < 1.29 is 9.53 Å². The monoisotopic (exact) mass is 285 g/mol. The van der Waals surface area contributed by atoms with Crippen LogP contribution in [0.5, 0.6) is 0 Å². The smallest absolute Gasteiger partial charge is 0.261 e. The van der Waals surface area contributed by atoms with Gasteiger partial charge in [0.05, 0.1) is 15.2 Å². The second-order valence-corrected chi connectivity index (χ2v) is 6.90. The number of amides is 1. The number of thiophene rings is 1. The predicted octanol–water partition coefficient (Wildman–Crippen LogP) is 3.16. The van der Waals surface area contributed by atoms with E-state index >= 15 is 0 Å². The average molecular weight is 285 g/mol. The molecule has 5 heteroatoms. The summed E-state index contributed by atoms with van der Waals surface area (Å²) >= 11 is 3.34. The number of ether oxygens (including phenoxy) is 1.